The predicted octanol–water partition coefficient (Wildman–Crippen LogP) is 1.70. The maximum absolute atomic E-state index is 11.2. The Morgan fingerprint density at radius 1 is 0.650 bits per heavy atom. The van der Waals surface area contributed by atoms with Gasteiger partial charge in [-0.05, 0) is 21.1 Å². The first-order valence-electron chi connectivity index (χ1n) is 14.7. The summed E-state index contributed by atoms with van der Waals surface area (Å²) < 4.78 is 20.4. The largest absolute Gasteiger partial charge is 0.464 e. The summed E-state index contributed by atoms with van der Waals surface area (Å²) in [5.74, 6) is -0.386. The summed E-state index contributed by atoms with van der Waals surface area (Å²) in [5.41, 5.74) is 0. The molecule has 2 rings (SSSR count). The fourth-order valence-corrected chi connectivity index (χ4v) is 3.28. The fraction of sp³-hybridized carbons (Fsp3) is 0.897. The van der Waals surface area contributed by atoms with E-state index in [1.807, 2.05) is 60.5 Å². The van der Waals surface area contributed by atoms with E-state index in [0.29, 0.717) is 19.8 Å². The third-order valence-electron chi connectivity index (χ3n) is 6.20. The number of hydrogen-bond donors (Lipinski definition) is 0. The highest BCUT2D eigenvalue weighted by atomic mass is 16.5. The van der Waals surface area contributed by atoms with E-state index in [1.165, 1.54) is 0 Å². The SMILES string of the molecule is CC(C)C(=O)OCCN(C)C.CC(C)C(=O)OCCN1CCN(C)CC1.CC(C)C(=O)OCCN1CCOCC1. The number of piperazine rings is 1. The number of ether oxygens (including phenoxy) is 4. The number of rotatable bonds is 12. The van der Waals surface area contributed by atoms with Crippen molar-refractivity contribution in [1.82, 2.24) is 19.6 Å². The fourth-order valence-electron chi connectivity index (χ4n) is 3.28. The van der Waals surface area contributed by atoms with Crippen LogP contribution in [0.1, 0.15) is 41.5 Å². The van der Waals surface area contributed by atoms with Crippen LogP contribution in [-0.4, -0.2) is 151 Å². The van der Waals surface area contributed by atoms with Gasteiger partial charge in [0.25, 0.3) is 0 Å². The minimum absolute atomic E-state index is 0.0162. The van der Waals surface area contributed by atoms with Gasteiger partial charge in [0.2, 0.25) is 0 Å². The summed E-state index contributed by atoms with van der Waals surface area (Å²) in [6, 6.07) is 0. The highest BCUT2D eigenvalue weighted by Gasteiger charge is 2.15. The minimum Gasteiger partial charge on any atom is -0.464 e. The first-order valence-corrected chi connectivity index (χ1v) is 14.7. The van der Waals surface area contributed by atoms with Crippen molar-refractivity contribution < 1.29 is 33.3 Å². The first kappa shape index (κ1) is 38.2. The molecule has 0 N–H and O–H groups in total. The average Bonchev–Trinajstić information content (AvgIpc) is 2.90. The third-order valence-corrected chi connectivity index (χ3v) is 6.20. The number of esters is 3. The lowest BCUT2D eigenvalue weighted by atomic mass is 10.2. The quantitative estimate of drug-likeness (QED) is 0.251. The van der Waals surface area contributed by atoms with Gasteiger partial charge in [0.15, 0.2) is 0 Å². The van der Waals surface area contributed by atoms with E-state index in [0.717, 1.165) is 72.1 Å². The topological polar surface area (TPSA) is 101 Å². The van der Waals surface area contributed by atoms with Gasteiger partial charge in [0.05, 0.1) is 31.0 Å². The van der Waals surface area contributed by atoms with Gasteiger partial charge in [-0.3, -0.25) is 24.2 Å². The molecule has 0 unspecified atom stereocenters. The summed E-state index contributed by atoms with van der Waals surface area (Å²) in [6.07, 6.45) is 0. The lowest BCUT2D eigenvalue weighted by Gasteiger charge is -2.32. The average molecular weight is 575 g/mol. The predicted molar refractivity (Wildman–Crippen MR) is 157 cm³/mol. The Bertz CT molecular complexity index is 675. The zero-order valence-electron chi connectivity index (χ0n) is 26.8. The summed E-state index contributed by atoms with van der Waals surface area (Å²) in [6.45, 7) is 22.9. The van der Waals surface area contributed by atoms with Gasteiger partial charge in [-0.1, -0.05) is 41.5 Å². The van der Waals surface area contributed by atoms with E-state index in [2.05, 4.69) is 21.7 Å². The molecule has 0 aromatic rings. The second kappa shape index (κ2) is 22.8. The van der Waals surface area contributed by atoms with Crippen LogP contribution in [0.15, 0.2) is 0 Å². The van der Waals surface area contributed by atoms with Crippen molar-refractivity contribution in [3.05, 3.63) is 0 Å². The Hall–Kier alpha value is -1.79. The van der Waals surface area contributed by atoms with Crippen LogP contribution in [-0.2, 0) is 33.3 Å². The lowest BCUT2D eigenvalue weighted by Crippen LogP contribution is -2.45. The highest BCUT2D eigenvalue weighted by Crippen LogP contribution is 2.01. The van der Waals surface area contributed by atoms with Crippen LogP contribution in [0.25, 0.3) is 0 Å². The van der Waals surface area contributed by atoms with Crippen LogP contribution in [0.2, 0.25) is 0 Å². The van der Waals surface area contributed by atoms with Crippen LogP contribution < -0.4 is 0 Å². The molecular weight excluding hydrogens is 516 g/mol. The van der Waals surface area contributed by atoms with Gasteiger partial charge in [-0.25, -0.2) is 0 Å². The number of nitrogens with zero attached hydrogens (tertiary/aromatic N) is 4. The van der Waals surface area contributed by atoms with Gasteiger partial charge in [-0.2, -0.15) is 0 Å². The summed E-state index contributed by atoms with van der Waals surface area (Å²) in [5, 5.41) is 0. The van der Waals surface area contributed by atoms with Gasteiger partial charge in [0, 0.05) is 58.9 Å². The Morgan fingerprint density at radius 3 is 1.40 bits per heavy atom. The van der Waals surface area contributed by atoms with Crippen LogP contribution in [0, 0.1) is 17.8 Å². The molecule has 2 fully saturated rings. The van der Waals surface area contributed by atoms with E-state index in [-0.39, 0.29) is 35.7 Å². The van der Waals surface area contributed by atoms with Gasteiger partial charge in [-0.15, -0.1) is 0 Å². The maximum atomic E-state index is 11.2. The number of morpholine rings is 1. The zero-order valence-corrected chi connectivity index (χ0v) is 26.8. The zero-order chi connectivity index (χ0) is 30.5. The lowest BCUT2D eigenvalue weighted by molar-refractivity contribution is -0.148. The van der Waals surface area contributed by atoms with Crippen LogP contribution in [0.5, 0.6) is 0 Å². The molecule has 0 aromatic carbocycles. The molecule has 236 valence electrons. The second-order valence-electron chi connectivity index (χ2n) is 11.4. The Balaban J connectivity index is 0.000000578. The minimum atomic E-state index is -0.119. The van der Waals surface area contributed by atoms with Crippen molar-refractivity contribution in [2.24, 2.45) is 17.8 Å². The molecule has 0 saturated carbocycles. The van der Waals surface area contributed by atoms with Gasteiger partial charge >= 0.3 is 17.9 Å². The normalized spacial score (nSPS) is 16.7. The number of carbonyl (C=O) groups is 3. The van der Waals surface area contributed by atoms with Crippen LogP contribution in [0.4, 0.5) is 0 Å². The van der Waals surface area contributed by atoms with Crippen molar-refractivity contribution in [3.63, 3.8) is 0 Å². The molecule has 11 heteroatoms. The van der Waals surface area contributed by atoms with E-state index in [4.69, 9.17) is 18.9 Å². The van der Waals surface area contributed by atoms with E-state index < -0.39 is 0 Å². The molecule has 2 saturated heterocycles. The molecule has 0 amide bonds. The van der Waals surface area contributed by atoms with Crippen molar-refractivity contribution in [3.8, 4) is 0 Å². The van der Waals surface area contributed by atoms with E-state index >= 15 is 0 Å². The number of likely N-dealkylation sites (N-methyl/N-ethyl adjacent to an activating group) is 2. The molecule has 0 aromatic heterocycles. The standard InChI is InChI=1S/C11H22N2O2.C10H19NO3.C8H17NO2/c1-10(2)11(14)15-9-8-13-6-4-12(3)5-7-13;1-9(2)10(12)14-8-5-11-3-6-13-7-4-11;1-7(2)8(10)11-6-5-9(3)4/h10H,4-9H2,1-3H3;9H,3-8H2,1-2H3;7H,5-6H2,1-4H3. The molecule has 0 bridgehead atoms. The van der Waals surface area contributed by atoms with Crippen molar-refractivity contribution >= 4 is 17.9 Å². The Morgan fingerprint density at radius 2 is 1.02 bits per heavy atom. The number of hydrogen-bond acceptors (Lipinski definition) is 11. The van der Waals surface area contributed by atoms with Crippen molar-refractivity contribution in [2.45, 2.75) is 41.5 Å². The monoisotopic (exact) mass is 574 g/mol. The maximum Gasteiger partial charge on any atom is 0.308 e. The molecule has 2 aliphatic rings. The molecule has 0 radical (unpaired) electrons. The molecular formula is C29H58N4O7. The summed E-state index contributed by atoms with van der Waals surface area (Å²) in [7, 11) is 6.03. The Labute approximate surface area is 243 Å². The van der Waals surface area contributed by atoms with Crippen molar-refractivity contribution in [2.75, 3.05) is 113 Å². The van der Waals surface area contributed by atoms with Gasteiger partial charge < -0.3 is 28.7 Å². The van der Waals surface area contributed by atoms with Gasteiger partial charge in [0.1, 0.15) is 19.8 Å². The first-order chi connectivity index (χ1) is 18.8. The smallest absolute Gasteiger partial charge is 0.308 e. The summed E-state index contributed by atoms with van der Waals surface area (Å²) in [4.78, 5) is 42.1. The number of carbonyl (C=O) groups excluding carboxylic acids is 3. The van der Waals surface area contributed by atoms with E-state index in [1.54, 1.807) is 0 Å². The van der Waals surface area contributed by atoms with Crippen LogP contribution >= 0.6 is 0 Å². The van der Waals surface area contributed by atoms with Crippen molar-refractivity contribution in [1.29, 1.82) is 0 Å². The third kappa shape index (κ3) is 21.0. The Kier molecular flexibility index (Phi) is 21.8. The molecule has 2 heterocycles. The highest BCUT2D eigenvalue weighted by molar-refractivity contribution is 5.72. The van der Waals surface area contributed by atoms with Crippen LogP contribution in [0.3, 0.4) is 0 Å². The molecule has 11 nitrogen and oxygen atoms in total. The molecule has 0 atom stereocenters. The summed E-state index contributed by atoms with van der Waals surface area (Å²) >= 11 is 0. The molecule has 2 aliphatic heterocycles. The molecule has 0 aliphatic carbocycles. The second-order valence-corrected chi connectivity index (χ2v) is 11.4. The molecule has 0 spiro atoms. The molecule has 40 heavy (non-hydrogen) atoms. The van der Waals surface area contributed by atoms with E-state index in [9.17, 15) is 14.4 Å².